The van der Waals surface area contributed by atoms with Gasteiger partial charge in [0, 0.05) is 0 Å². The van der Waals surface area contributed by atoms with Gasteiger partial charge in [-0.25, -0.2) is 0 Å². The van der Waals surface area contributed by atoms with Crippen molar-refractivity contribution in [1.82, 2.24) is 0 Å². The second-order valence-electron chi connectivity index (χ2n) is 7.81. The highest BCUT2D eigenvalue weighted by Gasteiger charge is 2.61. The maximum atomic E-state index is 13.4. The third-order valence-electron chi connectivity index (χ3n) is 4.38. The largest absolute Gasteiger partial charge is 0.474 e. The topological polar surface area (TPSA) is 54.0 Å². The van der Waals surface area contributed by atoms with Crippen molar-refractivity contribution < 1.29 is 22.9 Å². The highest BCUT2D eigenvalue weighted by atomic mass is 31.2. The zero-order valence-corrected chi connectivity index (χ0v) is 16.5. The molecule has 0 radical (unpaired) electrons. The fraction of sp³-hybridized carbons (Fsp3) is 1.00. The van der Waals surface area contributed by atoms with E-state index in [0.29, 0.717) is 13.2 Å². The first kappa shape index (κ1) is 20.2. The molecule has 22 heavy (non-hydrogen) atoms. The molecule has 0 bridgehead atoms. The minimum atomic E-state index is -3.36. The molecule has 1 heterocycles. The van der Waals surface area contributed by atoms with E-state index in [1.165, 1.54) is 0 Å². The first-order chi connectivity index (χ1) is 9.81. The van der Waals surface area contributed by atoms with Crippen LogP contribution in [0.25, 0.3) is 0 Å². The van der Waals surface area contributed by atoms with Crippen molar-refractivity contribution in [2.75, 3.05) is 13.2 Å². The Labute approximate surface area is 136 Å². The van der Waals surface area contributed by atoms with Gasteiger partial charge < -0.3 is 18.4 Å². The van der Waals surface area contributed by atoms with E-state index in [4.69, 9.17) is 18.4 Å². The Kier molecular flexibility index (Phi) is 6.02. The quantitative estimate of drug-likeness (QED) is 0.535. The van der Waals surface area contributed by atoms with E-state index in [0.717, 1.165) is 0 Å². The van der Waals surface area contributed by atoms with Crippen LogP contribution in [0.5, 0.6) is 0 Å². The van der Waals surface area contributed by atoms with Gasteiger partial charge in [0.2, 0.25) is 0 Å². The third-order valence-corrected chi connectivity index (χ3v) is 7.31. The smallest absolute Gasteiger partial charge is 0.403 e. The van der Waals surface area contributed by atoms with E-state index in [2.05, 4.69) is 0 Å². The van der Waals surface area contributed by atoms with Gasteiger partial charge in [0.25, 0.3) is 0 Å². The molecule has 0 N–H and O–H groups in total. The summed E-state index contributed by atoms with van der Waals surface area (Å²) in [5, 5.41) is 0. The molecule has 130 valence electrons. The summed E-state index contributed by atoms with van der Waals surface area (Å²) in [5.41, 5.74) is -1.82. The standard InChI is InChI=1S/C15H32BO5P/c1-10-18-22(17,19-11-2)12(13(3,4)5)16-20-14(6,7)15(8,9)21-16/h12H,10-11H2,1-9H3. The van der Waals surface area contributed by atoms with Crippen LogP contribution in [0.4, 0.5) is 0 Å². The van der Waals surface area contributed by atoms with E-state index in [1.54, 1.807) is 0 Å². The average Bonchev–Trinajstić information content (AvgIpc) is 2.45. The van der Waals surface area contributed by atoms with Gasteiger partial charge in [-0.2, -0.15) is 0 Å². The lowest BCUT2D eigenvalue weighted by Crippen LogP contribution is -2.44. The number of hydrogen-bond donors (Lipinski definition) is 0. The zero-order chi connectivity index (χ0) is 17.4. The average molecular weight is 334 g/mol. The van der Waals surface area contributed by atoms with Crippen molar-refractivity contribution in [3.63, 3.8) is 0 Å². The molecule has 1 saturated heterocycles. The van der Waals surface area contributed by atoms with Crippen LogP contribution >= 0.6 is 7.60 Å². The minimum Gasteiger partial charge on any atom is -0.403 e. The van der Waals surface area contributed by atoms with Gasteiger partial charge in [-0.15, -0.1) is 0 Å². The van der Waals surface area contributed by atoms with Crippen molar-refractivity contribution in [3.8, 4) is 0 Å². The van der Waals surface area contributed by atoms with Crippen molar-refractivity contribution in [2.24, 2.45) is 5.41 Å². The molecule has 0 amide bonds. The van der Waals surface area contributed by atoms with Gasteiger partial charge in [-0.3, -0.25) is 4.57 Å². The maximum Gasteiger partial charge on any atom is 0.474 e. The molecule has 0 aromatic carbocycles. The van der Waals surface area contributed by atoms with E-state index >= 15 is 0 Å². The molecule has 1 aliphatic rings. The summed E-state index contributed by atoms with van der Waals surface area (Å²) in [6, 6.07) is 0. The minimum absolute atomic E-state index is 0.323. The molecule has 0 aromatic heterocycles. The van der Waals surface area contributed by atoms with Crippen molar-refractivity contribution in [3.05, 3.63) is 0 Å². The van der Waals surface area contributed by atoms with Crippen LogP contribution < -0.4 is 0 Å². The van der Waals surface area contributed by atoms with Gasteiger partial charge in [-0.05, 0) is 47.0 Å². The molecule has 0 spiro atoms. The zero-order valence-electron chi connectivity index (χ0n) is 15.6. The summed E-state index contributed by atoms with van der Waals surface area (Å²) < 4.78 is 36.8. The molecule has 1 aliphatic heterocycles. The van der Waals surface area contributed by atoms with Gasteiger partial charge in [0.05, 0.1) is 24.4 Å². The second kappa shape index (κ2) is 6.56. The maximum absolute atomic E-state index is 13.4. The monoisotopic (exact) mass is 334 g/mol. The fourth-order valence-corrected chi connectivity index (χ4v) is 5.09. The van der Waals surface area contributed by atoms with Gasteiger partial charge in [0.1, 0.15) is 5.56 Å². The molecule has 1 fully saturated rings. The van der Waals surface area contributed by atoms with E-state index in [-0.39, 0.29) is 5.41 Å². The van der Waals surface area contributed by atoms with Gasteiger partial charge in [-0.1, -0.05) is 20.8 Å². The SMILES string of the molecule is CCOP(=O)(OCC)C(B1OC(C)(C)C(C)(C)O1)C(C)(C)C. The molecular formula is C15H32BO5P. The highest BCUT2D eigenvalue weighted by Crippen LogP contribution is 2.61. The van der Waals surface area contributed by atoms with Crippen LogP contribution in [-0.2, 0) is 22.9 Å². The molecule has 0 saturated carbocycles. The Morgan fingerprint density at radius 1 is 1.00 bits per heavy atom. The summed E-state index contributed by atoms with van der Waals surface area (Å²) in [6.07, 6.45) is 0. The molecular weight excluding hydrogens is 302 g/mol. The summed E-state index contributed by atoms with van der Waals surface area (Å²) >= 11 is 0. The first-order valence-electron chi connectivity index (χ1n) is 8.05. The van der Waals surface area contributed by atoms with Crippen LogP contribution in [0.2, 0.25) is 0 Å². The van der Waals surface area contributed by atoms with Crippen LogP contribution in [0.3, 0.4) is 0 Å². The Morgan fingerprint density at radius 3 is 1.64 bits per heavy atom. The van der Waals surface area contributed by atoms with Crippen molar-refractivity contribution in [2.45, 2.75) is 79.1 Å². The molecule has 0 aromatic rings. The van der Waals surface area contributed by atoms with Crippen LogP contribution in [-0.4, -0.2) is 37.1 Å². The van der Waals surface area contributed by atoms with Gasteiger partial charge >= 0.3 is 14.7 Å². The lowest BCUT2D eigenvalue weighted by molar-refractivity contribution is 0.00578. The summed E-state index contributed by atoms with van der Waals surface area (Å²) in [6.45, 7) is 18.2. The van der Waals surface area contributed by atoms with Crippen molar-refractivity contribution >= 4 is 14.7 Å². The molecule has 1 unspecified atom stereocenters. The fourth-order valence-electron chi connectivity index (χ4n) is 2.61. The number of hydrogen-bond acceptors (Lipinski definition) is 5. The predicted octanol–water partition coefficient (Wildman–Crippen LogP) is 4.30. The molecule has 7 heteroatoms. The normalized spacial score (nSPS) is 22.9. The summed E-state index contributed by atoms with van der Waals surface area (Å²) in [5.74, 6) is 0. The van der Waals surface area contributed by atoms with Crippen LogP contribution in [0.15, 0.2) is 0 Å². The lowest BCUT2D eigenvalue weighted by atomic mass is 9.70. The lowest BCUT2D eigenvalue weighted by Gasteiger charge is -2.36. The predicted molar refractivity (Wildman–Crippen MR) is 90.2 cm³/mol. The van der Waals surface area contributed by atoms with E-state index in [9.17, 15) is 4.57 Å². The second-order valence-corrected chi connectivity index (χ2v) is 9.96. The molecule has 1 atom stereocenters. The van der Waals surface area contributed by atoms with E-state index < -0.39 is 31.5 Å². The number of rotatable bonds is 6. The summed E-state index contributed by atoms with van der Waals surface area (Å²) in [4.78, 5) is 0. The third kappa shape index (κ3) is 3.96. The Hall–Kier alpha value is 0.135. The molecule has 0 aliphatic carbocycles. The Bertz CT molecular complexity index is 404. The summed E-state index contributed by atoms with van der Waals surface area (Å²) in [7, 11) is -3.99. The molecule has 5 nitrogen and oxygen atoms in total. The highest BCUT2D eigenvalue weighted by molar-refractivity contribution is 7.57. The van der Waals surface area contributed by atoms with Gasteiger partial charge in [0.15, 0.2) is 0 Å². The van der Waals surface area contributed by atoms with Crippen LogP contribution in [0, 0.1) is 5.41 Å². The Morgan fingerprint density at radius 2 is 1.36 bits per heavy atom. The first-order valence-corrected chi connectivity index (χ1v) is 9.66. The Balaban J connectivity index is 3.24. The van der Waals surface area contributed by atoms with Crippen molar-refractivity contribution in [1.29, 1.82) is 0 Å². The molecule has 1 rings (SSSR count). The van der Waals surface area contributed by atoms with Crippen LogP contribution in [0.1, 0.15) is 62.3 Å². The van der Waals surface area contributed by atoms with E-state index in [1.807, 2.05) is 62.3 Å².